The second-order valence-electron chi connectivity index (χ2n) is 2.84. The third-order valence-electron chi connectivity index (χ3n) is 1.16. The van der Waals surface area contributed by atoms with Gasteiger partial charge in [0.2, 0.25) is 0 Å². The standard InChI is InChI=1S/C4H6O5.2CH3.Sn/c5-3(6)1-9-2-4(7)8;;;/h1-2H2,(H,5,6)(H,7,8);2*1H3;/q;;;+2/p-2. The Hall–Kier alpha value is -0.301. The Bertz CT molecular complexity index is 192. The van der Waals surface area contributed by atoms with Crippen LogP contribution < -0.4 is 0 Å². The summed E-state index contributed by atoms with van der Waals surface area (Å²) in [6, 6.07) is 0. The number of hydrogen-bond donors (Lipinski definition) is 0. The molecule has 0 bridgehead atoms. The molecule has 0 aliphatic carbocycles. The van der Waals surface area contributed by atoms with E-state index in [4.69, 9.17) is 6.15 Å². The molecule has 0 saturated carbocycles. The topological polar surface area (TPSA) is 61.8 Å². The molecule has 0 aromatic carbocycles. The molecule has 1 saturated heterocycles. The second kappa shape index (κ2) is 3.61. The summed E-state index contributed by atoms with van der Waals surface area (Å²) in [5, 5.41) is 0. The average Bonchev–Trinajstić information content (AvgIpc) is 1.81. The Morgan fingerprint density at radius 3 is 1.92 bits per heavy atom. The summed E-state index contributed by atoms with van der Waals surface area (Å²) in [5.74, 6) is -0.883. The fourth-order valence-corrected chi connectivity index (χ4v) is 4.43. The zero-order valence-corrected chi connectivity index (χ0v) is 9.81. The van der Waals surface area contributed by atoms with Crippen molar-refractivity contribution in [3.05, 3.63) is 0 Å². The van der Waals surface area contributed by atoms with E-state index >= 15 is 0 Å². The monoisotopic (exact) mass is 282 g/mol. The number of ether oxygens (including phenoxy) is 1. The van der Waals surface area contributed by atoms with Crippen LogP contribution in [0.15, 0.2) is 0 Å². The van der Waals surface area contributed by atoms with Crippen molar-refractivity contribution < 1.29 is 20.5 Å². The molecule has 0 aromatic rings. The van der Waals surface area contributed by atoms with Crippen molar-refractivity contribution in [2.24, 2.45) is 0 Å². The average molecular weight is 281 g/mol. The van der Waals surface area contributed by atoms with Gasteiger partial charge in [-0.3, -0.25) is 0 Å². The summed E-state index contributed by atoms with van der Waals surface area (Å²) in [4.78, 5) is 25.2. The van der Waals surface area contributed by atoms with E-state index in [2.05, 4.69) is 4.74 Å². The van der Waals surface area contributed by atoms with Gasteiger partial charge in [-0.1, -0.05) is 0 Å². The Morgan fingerprint density at radius 1 is 1.08 bits per heavy atom. The quantitative estimate of drug-likeness (QED) is 0.576. The van der Waals surface area contributed by atoms with Gasteiger partial charge in [0, 0.05) is 0 Å². The van der Waals surface area contributed by atoms with Crippen molar-refractivity contribution in [1.82, 2.24) is 0 Å². The summed E-state index contributed by atoms with van der Waals surface area (Å²) in [7, 11) is 0. The minimum absolute atomic E-state index is 0.157. The molecular formula is C6H10O5Sn. The Kier molecular flexibility index (Phi) is 2.94. The molecule has 6 heteroatoms. The molecule has 1 heterocycles. The summed E-state index contributed by atoms with van der Waals surface area (Å²) in [6.45, 7) is -0.315. The molecule has 1 aliphatic rings. The van der Waals surface area contributed by atoms with Crippen molar-refractivity contribution >= 4 is 31.1 Å². The van der Waals surface area contributed by atoms with Crippen LogP contribution in [0.2, 0.25) is 9.88 Å². The summed E-state index contributed by atoms with van der Waals surface area (Å²) in [5.41, 5.74) is 0. The van der Waals surface area contributed by atoms with Gasteiger partial charge in [-0.25, -0.2) is 0 Å². The molecule has 0 N–H and O–H groups in total. The SMILES string of the molecule is [CH3][Sn]1([CH3])[O]C(=O)COCC(=O)[O]1. The van der Waals surface area contributed by atoms with Crippen LogP contribution in [0.3, 0.4) is 0 Å². The molecule has 12 heavy (non-hydrogen) atoms. The molecule has 5 nitrogen and oxygen atoms in total. The van der Waals surface area contributed by atoms with Gasteiger partial charge in [0.1, 0.15) is 0 Å². The van der Waals surface area contributed by atoms with Gasteiger partial charge in [-0.2, -0.15) is 0 Å². The molecule has 0 unspecified atom stereocenters. The zero-order valence-electron chi connectivity index (χ0n) is 6.96. The fourth-order valence-electron chi connectivity index (χ4n) is 0.846. The number of rotatable bonds is 0. The van der Waals surface area contributed by atoms with Gasteiger partial charge >= 0.3 is 74.7 Å². The van der Waals surface area contributed by atoms with Gasteiger partial charge in [-0.05, 0) is 0 Å². The molecule has 0 radical (unpaired) electrons. The van der Waals surface area contributed by atoms with Crippen LogP contribution in [0, 0.1) is 0 Å². The molecule has 0 amide bonds. The number of hydrogen-bond acceptors (Lipinski definition) is 5. The van der Waals surface area contributed by atoms with Crippen LogP contribution in [0.1, 0.15) is 0 Å². The number of carbonyl (C=O) groups is 2. The Morgan fingerprint density at radius 2 is 1.50 bits per heavy atom. The first-order valence-corrected chi connectivity index (χ1v) is 11.5. The molecule has 0 atom stereocenters. The van der Waals surface area contributed by atoms with Crippen LogP contribution in [-0.2, 0) is 20.5 Å². The van der Waals surface area contributed by atoms with Gasteiger partial charge < -0.3 is 0 Å². The first kappa shape index (κ1) is 9.78. The molecular weight excluding hydrogens is 271 g/mol. The van der Waals surface area contributed by atoms with Crippen molar-refractivity contribution in [3.63, 3.8) is 0 Å². The van der Waals surface area contributed by atoms with E-state index in [1.807, 2.05) is 0 Å². The van der Waals surface area contributed by atoms with Crippen LogP contribution in [-0.4, -0.2) is 44.4 Å². The van der Waals surface area contributed by atoms with E-state index in [-0.39, 0.29) is 13.2 Å². The molecule has 1 rings (SSSR count). The van der Waals surface area contributed by atoms with E-state index in [0.717, 1.165) is 0 Å². The summed E-state index contributed by atoms with van der Waals surface area (Å²) < 4.78 is 14.6. The number of carbonyl (C=O) groups excluding carboxylic acids is 2. The molecule has 0 aromatic heterocycles. The first-order chi connectivity index (χ1) is 5.49. The second-order valence-corrected chi connectivity index (χ2v) is 12.0. The van der Waals surface area contributed by atoms with Crippen molar-refractivity contribution in [3.8, 4) is 0 Å². The predicted molar refractivity (Wildman–Crippen MR) is 40.5 cm³/mol. The van der Waals surface area contributed by atoms with Gasteiger partial charge in [0.25, 0.3) is 0 Å². The molecule has 0 spiro atoms. The van der Waals surface area contributed by atoms with Crippen molar-refractivity contribution in [1.29, 1.82) is 0 Å². The maximum atomic E-state index is 10.9. The normalized spacial score (nSPS) is 23.5. The predicted octanol–water partition coefficient (Wildman–Crippen LogP) is -0.195. The van der Waals surface area contributed by atoms with E-state index in [9.17, 15) is 9.59 Å². The molecule has 1 fully saturated rings. The molecule has 68 valence electrons. The Balaban J connectivity index is 2.64. The van der Waals surface area contributed by atoms with Gasteiger partial charge in [0.15, 0.2) is 0 Å². The third kappa shape index (κ3) is 2.98. The van der Waals surface area contributed by atoms with Crippen molar-refractivity contribution in [2.45, 2.75) is 9.88 Å². The van der Waals surface area contributed by atoms with E-state index in [1.54, 1.807) is 9.88 Å². The van der Waals surface area contributed by atoms with E-state index < -0.39 is 31.1 Å². The Labute approximate surface area is 74.9 Å². The van der Waals surface area contributed by atoms with Crippen LogP contribution >= 0.6 is 0 Å². The molecule has 1 aliphatic heterocycles. The minimum atomic E-state index is -3.29. The van der Waals surface area contributed by atoms with Crippen LogP contribution in [0.4, 0.5) is 0 Å². The third-order valence-corrected chi connectivity index (χ3v) is 5.26. The van der Waals surface area contributed by atoms with Crippen LogP contribution in [0.25, 0.3) is 0 Å². The maximum absolute atomic E-state index is 10.9. The summed E-state index contributed by atoms with van der Waals surface area (Å²) in [6.07, 6.45) is 0. The van der Waals surface area contributed by atoms with Gasteiger partial charge in [0.05, 0.1) is 0 Å². The fraction of sp³-hybridized carbons (Fsp3) is 0.667. The summed E-state index contributed by atoms with van der Waals surface area (Å²) >= 11 is -3.29. The van der Waals surface area contributed by atoms with Crippen molar-refractivity contribution in [2.75, 3.05) is 13.2 Å². The van der Waals surface area contributed by atoms with Crippen LogP contribution in [0.5, 0.6) is 0 Å². The first-order valence-electron chi connectivity index (χ1n) is 3.51. The van der Waals surface area contributed by atoms with E-state index in [1.165, 1.54) is 0 Å². The van der Waals surface area contributed by atoms with E-state index in [0.29, 0.717) is 0 Å². The van der Waals surface area contributed by atoms with Gasteiger partial charge in [-0.15, -0.1) is 0 Å². The zero-order chi connectivity index (χ0) is 9.19.